The van der Waals surface area contributed by atoms with E-state index in [4.69, 9.17) is 0 Å². The first-order valence-electron chi connectivity index (χ1n) is 7.12. The number of nitrogens with one attached hydrogen (secondary N) is 1. The smallest absolute Gasteiger partial charge is 0.0659 e. The van der Waals surface area contributed by atoms with Crippen LogP contribution in [0.15, 0.2) is 41.1 Å². The largest absolute Gasteiger partial charge is 0.315 e. The van der Waals surface area contributed by atoms with Crippen molar-refractivity contribution in [1.82, 2.24) is 15.1 Å². The Morgan fingerprint density at radius 3 is 2.90 bits per heavy atom. The van der Waals surface area contributed by atoms with Crippen molar-refractivity contribution in [2.75, 3.05) is 6.54 Å². The average Bonchev–Trinajstić information content (AvgIpc) is 2.82. The molecule has 0 atom stereocenters. The number of rotatable bonds is 7. The normalized spacial score (nSPS) is 11.2. The summed E-state index contributed by atoms with van der Waals surface area (Å²) in [6.45, 7) is 6.24. The van der Waals surface area contributed by atoms with Crippen LogP contribution in [0.5, 0.6) is 0 Å². The molecule has 0 aliphatic heterocycles. The number of benzene rings is 1. The molecule has 0 aliphatic carbocycles. The van der Waals surface area contributed by atoms with Crippen molar-refractivity contribution in [2.24, 2.45) is 0 Å². The Bertz CT molecular complexity index is 534. The Balaban J connectivity index is 1.83. The number of halogens is 1. The highest BCUT2D eigenvalue weighted by Crippen LogP contribution is 2.13. The summed E-state index contributed by atoms with van der Waals surface area (Å²) in [5.41, 5.74) is 2.57. The zero-order valence-corrected chi connectivity index (χ0v) is 13.7. The molecule has 0 saturated heterocycles. The first-order valence-corrected chi connectivity index (χ1v) is 7.92. The van der Waals surface area contributed by atoms with E-state index in [1.807, 2.05) is 16.9 Å². The van der Waals surface area contributed by atoms with Crippen molar-refractivity contribution in [3.8, 4) is 0 Å². The fourth-order valence-electron chi connectivity index (χ4n) is 2.13. The molecule has 3 nitrogen and oxygen atoms in total. The predicted octanol–water partition coefficient (Wildman–Crippen LogP) is 3.62. The lowest BCUT2D eigenvalue weighted by molar-refractivity contribution is 0.570. The van der Waals surface area contributed by atoms with E-state index in [9.17, 15) is 0 Å². The Morgan fingerprint density at radius 2 is 2.15 bits per heavy atom. The summed E-state index contributed by atoms with van der Waals surface area (Å²) in [6.07, 6.45) is 6.36. The molecule has 1 heterocycles. The number of aromatic nitrogens is 2. The topological polar surface area (TPSA) is 29.9 Å². The Morgan fingerprint density at radius 1 is 1.30 bits per heavy atom. The van der Waals surface area contributed by atoms with Gasteiger partial charge in [-0.05, 0) is 42.6 Å². The summed E-state index contributed by atoms with van der Waals surface area (Å²) in [5.74, 6) is 0. The van der Waals surface area contributed by atoms with Crippen molar-refractivity contribution >= 4 is 15.9 Å². The molecule has 0 fully saturated rings. The minimum absolute atomic E-state index is 0.564. The molecule has 108 valence electrons. The molecule has 1 N–H and O–H groups in total. The fraction of sp³-hybridized carbons (Fsp3) is 0.438. The van der Waals surface area contributed by atoms with Gasteiger partial charge in [-0.25, -0.2) is 0 Å². The van der Waals surface area contributed by atoms with Crippen LogP contribution in [0, 0.1) is 0 Å². The SMILES string of the molecule is CC(C)NCCCc1cnn(Cc2cccc(Br)c2)c1. The summed E-state index contributed by atoms with van der Waals surface area (Å²) in [7, 11) is 0. The summed E-state index contributed by atoms with van der Waals surface area (Å²) in [6, 6.07) is 8.92. The van der Waals surface area contributed by atoms with Crippen LogP contribution in [0.3, 0.4) is 0 Å². The molecule has 20 heavy (non-hydrogen) atoms. The van der Waals surface area contributed by atoms with Crippen molar-refractivity contribution in [3.05, 3.63) is 52.3 Å². The molecular formula is C16H22BrN3. The van der Waals surface area contributed by atoms with Gasteiger partial charge in [0.1, 0.15) is 0 Å². The molecule has 0 spiro atoms. The van der Waals surface area contributed by atoms with Gasteiger partial charge in [-0.15, -0.1) is 0 Å². The van der Waals surface area contributed by atoms with Gasteiger partial charge in [0, 0.05) is 16.7 Å². The summed E-state index contributed by atoms with van der Waals surface area (Å²) in [4.78, 5) is 0. The van der Waals surface area contributed by atoms with Gasteiger partial charge in [0.05, 0.1) is 12.7 Å². The maximum Gasteiger partial charge on any atom is 0.0659 e. The van der Waals surface area contributed by atoms with Gasteiger partial charge in [-0.2, -0.15) is 5.10 Å². The standard InChI is InChI=1S/C16H22BrN3/c1-13(2)18-8-4-6-15-10-19-20(12-15)11-14-5-3-7-16(17)9-14/h3,5,7,9-10,12-13,18H,4,6,8,11H2,1-2H3. The zero-order valence-electron chi connectivity index (χ0n) is 12.1. The minimum Gasteiger partial charge on any atom is -0.315 e. The Hall–Kier alpha value is -1.13. The van der Waals surface area contributed by atoms with Crippen LogP contribution in [0.1, 0.15) is 31.4 Å². The van der Waals surface area contributed by atoms with Crippen LogP contribution >= 0.6 is 15.9 Å². The van der Waals surface area contributed by atoms with Gasteiger partial charge in [-0.1, -0.05) is 41.9 Å². The van der Waals surface area contributed by atoms with Crippen LogP contribution in [-0.4, -0.2) is 22.4 Å². The molecular weight excluding hydrogens is 314 g/mol. The molecule has 0 saturated carbocycles. The average molecular weight is 336 g/mol. The number of hydrogen-bond acceptors (Lipinski definition) is 2. The second kappa shape index (κ2) is 7.60. The van der Waals surface area contributed by atoms with Gasteiger partial charge >= 0.3 is 0 Å². The molecule has 2 aromatic rings. The first-order chi connectivity index (χ1) is 9.63. The lowest BCUT2D eigenvalue weighted by Crippen LogP contribution is -2.23. The molecule has 0 radical (unpaired) electrons. The molecule has 2 rings (SSSR count). The number of nitrogens with zero attached hydrogens (tertiary/aromatic N) is 2. The Labute approximate surface area is 129 Å². The highest BCUT2D eigenvalue weighted by molar-refractivity contribution is 9.10. The number of hydrogen-bond donors (Lipinski definition) is 1. The van der Waals surface area contributed by atoms with Crippen LogP contribution < -0.4 is 5.32 Å². The fourth-order valence-corrected chi connectivity index (χ4v) is 2.57. The van der Waals surface area contributed by atoms with Crippen molar-refractivity contribution in [2.45, 2.75) is 39.3 Å². The highest BCUT2D eigenvalue weighted by Gasteiger charge is 2.01. The lowest BCUT2D eigenvalue weighted by atomic mass is 10.2. The quantitative estimate of drug-likeness (QED) is 0.783. The molecule has 0 unspecified atom stereocenters. The molecule has 0 bridgehead atoms. The monoisotopic (exact) mass is 335 g/mol. The maximum atomic E-state index is 4.44. The van der Waals surface area contributed by atoms with E-state index < -0.39 is 0 Å². The summed E-state index contributed by atoms with van der Waals surface area (Å²) in [5, 5.41) is 7.87. The zero-order chi connectivity index (χ0) is 14.4. The third-order valence-corrected chi connectivity index (χ3v) is 3.61. The van der Waals surface area contributed by atoms with Crippen LogP contribution in [0.25, 0.3) is 0 Å². The lowest BCUT2D eigenvalue weighted by Gasteiger charge is -2.06. The van der Waals surface area contributed by atoms with Crippen LogP contribution in [-0.2, 0) is 13.0 Å². The van der Waals surface area contributed by atoms with Gasteiger partial charge in [0.25, 0.3) is 0 Å². The van der Waals surface area contributed by atoms with Crippen LogP contribution in [0.4, 0.5) is 0 Å². The van der Waals surface area contributed by atoms with E-state index in [0.29, 0.717) is 6.04 Å². The molecule has 0 amide bonds. The van der Waals surface area contributed by atoms with E-state index >= 15 is 0 Å². The molecule has 4 heteroatoms. The van der Waals surface area contributed by atoms with Gasteiger partial charge in [-0.3, -0.25) is 4.68 Å². The maximum absolute atomic E-state index is 4.44. The summed E-state index contributed by atoms with van der Waals surface area (Å²) < 4.78 is 3.12. The van der Waals surface area contributed by atoms with Crippen molar-refractivity contribution in [1.29, 1.82) is 0 Å². The van der Waals surface area contributed by atoms with E-state index in [2.05, 4.69) is 64.6 Å². The Kier molecular flexibility index (Phi) is 5.80. The molecule has 1 aromatic carbocycles. The predicted molar refractivity (Wildman–Crippen MR) is 86.9 cm³/mol. The second-order valence-corrected chi connectivity index (χ2v) is 6.30. The third-order valence-electron chi connectivity index (χ3n) is 3.12. The van der Waals surface area contributed by atoms with Crippen molar-refractivity contribution < 1.29 is 0 Å². The van der Waals surface area contributed by atoms with E-state index in [1.165, 1.54) is 11.1 Å². The molecule has 1 aromatic heterocycles. The van der Waals surface area contributed by atoms with Gasteiger partial charge < -0.3 is 5.32 Å². The van der Waals surface area contributed by atoms with Crippen LogP contribution in [0.2, 0.25) is 0 Å². The summed E-state index contributed by atoms with van der Waals surface area (Å²) >= 11 is 3.50. The minimum atomic E-state index is 0.564. The van der Waals surface area contributed by atoms with Gasteiger partial charge in [0.15, 0.2) is 0 Å². The van der Waals surface area contributed by atoms with Crippen molar-refractivity contribution in [3.63, 3.8) is 0 Å². The van der Waals surface area contributed by atoms with E-state index in [-0.39, 0.29) is 0 Å². The second-order valence-electron chi connectivity index (χ2n) is 5.39. The third kappa shape index (κ3) is 5.10. The van der Waals surface area contributed by atoms with E-state index in [0.717, 1.165) is 30.4 Å². The van der Waals surface area contributed by atoms with Gasteiger partial charge in [0.2, 0.25) is 0 Å². The number of aryl methyl sites for hydroxylation is 1. The first kappa shape index (κ1) is 15.3. The molecule has 0 aliphatic rings. The highest BCUT2D eigenvalue weighted by atomic mass is 79.9. The van der Waals surface area contributed by atoms with E-state index in [1.54, 1.807) is 0 Å².